The first-order valence-corrected chi connectivity index (χ1v) is 6.90. The van der Waals surface area contributed by atoms with Crippen molar-refractivity contribution in [3.8, 4) is 0 Å². The van der Waals surface area contributed by atoms with Crippen LogP contribution in [0, 0.1) is 0 Å². The van der Waals surface area contributed by atoms with Gasteiger partial charge in [-0.2, -0.15) is 0 Å². The van der Waals surface area contributed by atoms with Crippen molar-refractivity contribution in [3.05, 3.63) is 34.9 Å². The van der Waals surface area contributed by atoms with Gasteiger partial charge in [-0.3, -0.25) is 4.79 Å². The van der Waals surface area contributed by atoms with E-state index in [9.17, 15) is 4.79 Å². The van der Waals surface area contributed by atoms with Gasteiger partial charge >= 0.3 is 0 Å². The number of fused-ring (bicyclic) bond motifs is 1. The van der Waals surface area contributed by atoms with Crippen LogP contribution in [-0.4, -0.2) is 16.5 Å². The van der Waals surface area contributed by atoms with Gasteiger partial charge < -0.3 is 9.88 Å². The lowest BCUT2D eigenvalue weighted by molar-refractivity contribution is -0.121. The topological polar surface area (TPSA) is 34.0 Å². The molecule has 0 fully saturated rings. The molecule has 0 saturated carbocycles. The highest BCUT2D eigenvalue weighted by atomic mass is 79.9. The van der Waals surface area contributed by atoms with E-state index in [0.29, 0.717) is 13.0 Å². The molecule has 96 valence electrons. The predicted octanol–water partition coefficient (Wildman–Crippen LogP) is 3.32. The number of halogens is 1. The fourth-order valence-corrected chi connectivity index (χ4v) is 2.48. The zero-order valence-electron chi connectivity index (χ0n) is 10.6. The Morgan fingerprint density at radius 2 is 2.17 bits per heavy atom. The van der Waals surface area contributed by atoms with Gasteiger partial charge in [-0.15, -0.1) is 0 Å². The molecule has 0 bridgehead atoms. The second kappa shape index (κ2) is 5.57. The Hall–Kier alpha value is -1.29. The van der Waals surface area contributed by atoms with E-state index in [1.54, 1.807) is 0 Å². The molecule has 4 heteroatoms. The molecule has 1 aromatic heterocycles. The van der Waals surface area contributed by atoms with Gasteiger partial charge in [0.15, 0.2) is 0 Å². The lowest BCUT2D eigenvalue weighted by Crippen LogP contribution is -2.30. The Balaban J connectivity index is 2.09. The van der Waals surface area contributed by atoms with Crippen LogP contribution in [0.15, 0.2) is 34.9 Å². The van der Waals surface area contributed by atoms with Crippen LogP contribution >= 0.6 is 15.9 Å². The molecule has 18 heavy (non-hydrogen) atoms. The summed E-state index contributed by atoms with van der Waals surface area (Å²) in [7, 11) is 0. The van der Waals surface area contributed by atoms with Crippen LogP contribution in [0.4, 0.5) is 0 Å². The number of benzene rings is 1. The van der Waals surface area contributed by atoms with Crippen molar-refractivity contribution >= 4 is 32.7 Å². The molecule has 1 N–H and O–H groups in total. The minimum absolute atomic E-state index is 0.0989. The van der Waals surface area contributed by atoms with Crippen molar-refractivity contribution < 1.29 is 4.79 Å². The number of amides is 1. The normalized spacial score (nSPS) is 11.1. The summed E-state index contributed by atoms with van der Waals surface area (Å²) < 4.78 is 3.20. The number of hydrogen-bond acceptors (Lipinski definition) is 1. The highest BCUT2D eigenvalue weighted by Crippen LogP contribution is 2.24. The van der Waals surface area contributed by atoms with Crippen LogP contribution in [-0.2, 0) is 11.3 Å². The Morgan fingerprint density at radius 1 is 1.39 bits per heavy atom. The average Bonchev–Trinajstić information content (AvgIpc) is 2.70. The Morgan fingerprint density at radius 3 is 2.89 bits per heavy atom. The molecule has 0 atom stereocenters. The number of aryl methyl sites for hydroxylation is 1. The maximum atomic E-state index is 11.6. The van der Waals surface area contributed by atoms with Crippen LogP contribution in [0.3, 0.4) is 0 Å². The Kier molecular flexibility index (Phi) is 4.07. The third-order valence-corrected chi connectivity index (χ3v) is 3.48. The monoisotopic (exact) mass is 308 g/mol. The standard InChI is InChI=1S/C14H17BrN2O/c1-10(2)16-14(18)7-9-17-8-6-11-12(15)4-3-5-13(11)17/h3-6,8,10H,7,9H2,1-2H3,(H,16,18). The van der Waals surface area contributed by atoms with Crippen LogP contribution in [0.2, 0.25) is 0 Å². The van der Waals surface area contributed by atoms with Crippen LogP contribution in [0.1, 0.15) is 20.3 Å². The molecule has 1 amide bonds. The molecule has 3 nitrogen and oxygen atoms in total. The van der Waals surface area contributed by atoms with E-state index < -0.39 is 0 Å². The summed E-state index contributed by atoms with van der Waals surface area (Å²) in [6.07, 6.45) is 2.53. The molecule has 1 heterocycles. The van der Waals surface area contributed by atoms with Gasteiger partial charge in [0, 0.05) is 40.6 Å². The van der Waals surface area contributed by atoms with Crippen LogP contribution < -0.4 is 5.32 Å². The van der Waals surface area contributed by atoms with Gasteiger partial charge in [-0.05, 0) is 32.0 Å². The molecule has 2 aromatic rings. The Labute approximate surface area is 115 Å². The van der Waals surface area contributed by atoms with E-state index in [1.165, 1.54) is 5.39 Å². The first kappa shape index (κ1) is 13.1. The molecule has 0 aliphatic carbocycles. The zero-order chi connectivity index (χ0) is 13.1. The van der Waals surface area contributed by atoms with E-state index >= 15 is 0 Å². The van der Waals surface area contributed by atoms with Gasteiger partial charge in [0.05, 0.1) is 0 Å². The molecular weight excluding hydrogens is 292 g/mol. The van der Waals surface area contributed by atoms with Crippen molar-refractivity contribution in [2.75, 3.05) is 0 Å². The second-order valence-corrected chi connectivity index (χ2v) is 5.51. The van der Waals surface area contributed by atoms with Crippen molar-refractivity contribution in [3.63, 3.8) is 0 Å². The minimum atomic E-state index is 0.0989. The van der Waals surface area contributed by atoms with Gasteiger partial charge in [-0.25, -0.2) is 0 Å². The molecule has 0 aliphatic heterocycles. The lowest BCUT2D eigenvalue weighted by Gasteiger charge is -2.09. The molecule has 0 aliphatic rings. The summed E-state index contributed by atoms with van der Waals surface area (Å²) in [5.74, 6) is 0.0989. The quantitative estimate of drug-likeness (QED) is 0.923. The van der Waals surface area contributed by atoms with Crippen molar-refractivity contribution in [1.29, 1.82) is 0 Å². The molecule has 0 saturated heterocycles. The average molecular weight is 309 g/mol. The van der Waals surface area contributed by atoms with Gasteiger partial charge in [0.25, 0.3) is 0 Å². The lowest BCUT2D eigenvalue weighted by atomic mass is 10.2. The summed E-state index contributed by atoms with van der Waals surface area (Å²) in [5.41, 5.74) is 1.15. The van der Waals surface area contributed by atoms with Crippen LogP contribution in [0.5, 0.6) is 0 Å². The van der Waals surface area contributed by atoms with E-state index in [-0.39, 0.29) is 11.9 Å². The summed E-state index contributed by atoms with van der Waals surface area (Å²) in [4.78, 5) is 11.6. The summed E-state index contributed by atoms with van der Waals surface area (Å²) in [6.45, 7) is 4.65. The highest BCUT2D eigenvalue weighted by molar-refractivity contribution is 9.10. The first-order chi connectivity index (χ1) is 8.58. The zero-order valence-corrected chi connectivity index (χ0v) is 12.2. The van der Waals surface area contributed by atoms with Crippen molar-refractivity contribution in [2.45, 2.75) is 32.9 Å². The number of nitrogens with zero attached hydrogens (tertiary/aromatic N) is 1. The second-order valence-electron chi connectivity index (χ2n) is 4.65. The fourth-order valence-electron chi connectivity index (χ4n) is 2.00. The number of rotatable bonds is 4. The number of aromatic nitrogens is 1. The van der Waals surface area contributed by atoms with E-state index in [1.807, 2.05) is 32.2 Å². The number of hydrogen-bond donors (Lipinski definition) is 1. The maximum Gasteiger partial charge on any atom is 0.221 e. The number of carbonyl (C=O) groups excluding carboxylic acids is 1. The predicted molar refractivity (Wildman–Crippen MR) is 77.5 cm³/mol. The number of nitrogens with one attached hydrogen (secondary N) is 1. The fraction of sp³-hybridized carbons (Fsp3) is 0.357. The molecule has 1 aromatic carbocycles. The number of carbonyl (C=O) groups is 1. The van der Waals surface area contributed by atoms with Crippen molar-refractivity contribution in [2.24, 2.45) is 0 Å². The third-order valence-electron chi connectivity index (χ3n) is 2.79. The Bertz CT molecular complexity index is 560. The van der Waals surface area contributed by atoms with Crippen LogP contribution in [0.25, 0.3) is 10.9 Å². The SMILES string of the molecule is CC(C)NC(=O)CCn1ccc2c(Br)cccc21. The van der Waals surface area contributed by atoms with E-state index in [4.69, 9.17) is 0 Å². The molecule has 0 spiro atoms. The largest absolute Gasteiger partial charge is 0.354 e. The van der Waals surface area contributed by atoms with E-state index in [0.717, 1.165) is 9.99 Å². The van der Waals surface area contributed by atoms with Gasteiger partial charge in [0.1, 0.15) is 0 Å². The van der Waals surface area contributed by atoms with Gasteiger partial charge in [-0.1, -0.05) is 22.0 Å². The van der Waals surface area contributed by atoms with Crippen molar-refractivity contribution in [1.82, 2.24) is 9.88 Å². The molecule has 2 rings (SSSR count). The summed E-state index contributed by atoms with van der Waals surface area (Å²) >= 11 is 3.53. The first-order valence-electron chi connectivity index (χ1n) is 6.10. The van der Waals surface area contributed by atoms with Gasteiger partial charge in [0.2, 0.25) is 5.91 Å². The third kappa shape index (κ3) is 2.93. The van der Waals surface area contributed by atoms with E-state index in [2.05, 4.69) is 37.9 Å². The smallest absolute Gasteiger partial charge is 0.221 e. The molecule has 0 unspecified atom stereocenters. The summed E-state index contributed by atoms with van der Waals surface area (Å²) in [5, 5.41) is 4.09. The molecular formula is C14H17BrN2O. The molecule has 0 radical (unpaired) electrons. The highest BCUT2D eigenvalue weighted by Gasteiger charge is 2.06. The maximum absolute atomic E-state index is 11.6. The summed E-state index contributed by atoms with van der Waals surface area (Å²) in [6, 6.07) is 8.38. The minimum Gasteiger partial charge on any atom is -0.354 e.